The van der Waals surface area contributed by atoms with Crippen LogP contribution in [0.4, 0.5) is 22.7 Å². The van der Waals surface area contributed by atoms with Gasteiger partial charge < -0.3 is 32.8 Å². The Balaban J connectivity index is 0.00000539. The molecule has 0 bridgehead atoms. The zero-order valence-electron chi connectivity index (χ0n) is 38.8. The van der Waals surface area contributed by atoms with E-state index < -0.39 is 21.4 Å². The molecule has 0 atom stereocenters. The van der Waals surface area contributed by atoms with Gasteiger partial charge >= 0.3 is 21.4 Å². The van der Waals surface area contributed by atoms with Crippen LogP contribution in [0.25, 0.3) is 49.9 Å². The van der Waals surface area contributed by atoms with Gasteiger partial charge in [0.15, 0.2) is 0 Å². The van der Waals surface area contributed by atoms with E-state index in [1.165, 1.54) is 0 Å². The first-order chi connectivity index (χ1) is 32.5. The predicted octanol–water partition coefficient (Wildman–Crippen LogP) is 13.6. The molecule has 1 fully saturated rings. The number of fused-ring (bicyclic) bond motifs is 4. The molecule has 0 N–H and O–H groups in total. The van der Waals surface area contributed by atoms with Crippen molar-refractivity contribution in [2.45, 2.75) is 52.2 Å². The molecule has 9 aromatic rings. The first kappa shape index (κ1) is 45.4. The van der Waals surface area contributed by atoms with Crippen LogP contribution in [0.15, 0.2) is 176 Å². The third kappa shape index (κ3) is 8.58. The summed E-state index contributed by atoms with van der Waals surface area (Å²) >= 11 is 0. The van der Waals surface area contributed by atoms with Crippen LogP contribution in [0, 0.1) is 18.8 Å². The molecular weight excluding hydrogens is 1020 g/mol. The molecule has 2 aliphatic rings. The van der Waals surface area contributed by atoms with Crippen molar-refractivity contribution < 1.29 is 39.5 Å². The average molecular weight is 1070 g/mol. The minimum Gasteiger partial charge on any atom is -0.509 e. The van der Waals surface area contributed by atoms with Crippen LogP contribution in [0.1, 0.15) is 41.5 Å². The van der Waals surface area contributed by atoms with E-state index in [9.17, 15) is 0 Å². The van der Waals surface area contributed by atoms with Gasteiger partial charge in [0.25, 0.3) is 0 Å². The smallest absolute Gasteiger partial charge is 0.468 e. The van der Waals surface area contributed by atoms with Crippen LogP contribution in [0.3, 0.4) is 0 Å². The van der Waals surface area contributed by atoms with E-state index in [4.69, 9.17) is 23.4 Å². The zero-order valence-corrected chi connectivity index (χ0v) is 41.1. The monoisotopic (exact) mass is 1070 g/mol. The Hall–Kier alpha value is -6.35. The van der Waals surface area contributed by atoms with Gasteiger partial charge in [0.1, 0.15) is 5.82 Å². The van der Waals surface area contributed by atoms with Crippen molar-refractivity contribution in [2.75, 3.05) is 9.80 Å². The number of aromatic nitrogens is 2. The Labute approximate surface area is 414 Å². The standard InChI is InChI=1S/C56H48B3N4O4.Pt/c1-55(2,3)58-65-57(66-59(67-58)56(4,5)6)48-26-18-25-45(40-21-11-8-12-22-40)54(48)62-38-61(50-27-13-14-28-51(50)62)42-23-17-24-43(36-42)64-44-31-32-46-47-35-41(39-19-9-7-10-20-39)30-33-49(47)63(52(46)37-44)53-29-15-16-34-60-53;/h7-35,38H,1-6H3;/q-3;. The molecule has 338 valence electrons. The first-order valence-corrected chi connectivity index (χ1v) is 22.8. The van der Waals surface area contributed by atoms with Gasteiger partial charge in [-0.15, -0.1) is 48.1 Å². The van der Waals surface area contributed by atoms with E-state index in [2.05, 4.69) is 196 Å². The molecule has 12 heteroatoms. The summed E-state index contributed by atoms with van der Waals surface area (Å²) in [5, 5.41) is 1.56. The van der Waals surface area contributed by atoms with E-state index in [1.807, 2.05) is 54.7 Å². The minimum atomic E-state index is -0.713. The predicted molar refractivity (Wildman–Crippen MR) is 275 cm³/mol. The van der Waals surface area contributed by atoms with Crippen LogP contribution in [0.5, 0.6) is 11.5 Å². The molecule has 0 aliphatic carbocycles. The van der Waals surface area contributed by atoms with E-state index in [0.717, 1.165) is 78.1 Å². The summed E-state index contributed by atoms with van der Waals surface area (Å²) < 4.78 is 28.9. The Bertz CT molecular complexity index is 3230. The number of para-hydroxylation sites is 3. The number of anilines is 4. The molecule has 0 spiro atoms. The fraction of sp³-hybridized carbons (Fsp3) is 0.143. The summed E-state index contributed by atoms with van der Waals surface area (Å²) in [5.41, 5.74) is 11.0. The topological polar surface area (TPSA) is 61.2 Å². The van der Waals surface area contributed by atoms with Crippen LogP contribution < -0.4 is 20.0 Å². The number of hydrogen-bond donors (Lipinski definition) is 0. The van der Waals surface area contributed by atoms with E-state index >= 15 is 0 Å². The van der Waals surface area contributed by atoms with Gasteiger partial charge in [-0.25, -0.2) is 4.98 Å². The van der Waals surface area contributed by atoms with Crippen molar-refractivity contribution in [2.24, 2.45) is 0 Å². The molecule has 7 aromatic carbocycles. The molecule has 2 aromatic heterocycles. The molecule has 8 nitrogen and oxygen atoms in total. The van der Waals surface area contributed by atoms with Crippen LogP contribution in [-0.4, -0.2) is 30.9 Å². The summed E-state index contributed by atoms with van der Waals surface area (Å²) in [5.74, 6) is 1.93. The number of nitrogens with zero attached hydrogens (tertiary/aromatic N) is 4. The number of pyridine rings is 1. The van der Waals surface area contributed by atoms with Crippen LogP contribution in [0.2, 0.25) is 10.6 Å². The van der Waals surface area contributed by atoms with Gasteiger partial charge in [-0.1, -0.05) is 156 Å². The molecule has 1 saturated heterocycles. The van der Waals surface area contributed by atoms with Crippen LogP contribution in [-0.2, 0) is 34.8 Å². The Morgan fingerprint density at radius 3 is 1.90 bits per heavy atom. The van der Waals surface area contributed by atoms with Gasteiger partial charge in [-0.2, -0.15) is 12.1 Å². The average Bonchev–Trinajstić information content (AvgIpc) is 3.89. The number of ether oxygens (including phenoxy) is 1. The summed E-state index contributed by atoms with van der Waals surface area (Å²) in [4.78, 5) is 9.17. The van der Waals surface area contributed by atoms with Crippen LogP contribution >= 0.6 is 0 Å². The molecule has 0 saturated carbocycles. The van der Waals surface area contributed by atoms with Gasteiger partial charge in [-0.3, -0.25) is 0 Å². The first-order valence-electron chi connectivity index (χ1n) is 22.8. The number of benzene rings is 7. The summed E-state index contributed by atoms with van der Waals surface area (Å²) in [6, 6.07) is 65.6. The Kier molecular flexibility index (Phi) is 12.2. The third-order valence-electron chi connectivity index (χ3n) is 12.3. The van der Waals surface area contributed by atoms with Crippen molar-refractivity contribution >= 4 is 71.4 Å². The van der Waals surface area contributed by atoms with E-state index in [1.54, 1.807) is 0 Å². The van der Waals surface area contributed by atoms with Crippen molar-refractivity contribution in [3.8, 4) is 39.6 Å². The quantitative estimate of drug-likeness (QED) is 0.111. The van der Waals surface area contributed by atoms with Crippen molar-refractivity contribution in [1.82, 2.24) is 9.55 Å². The number of hydrogen-bond acceptors (Lipinski definition) is 7. The van der Waals surface area contributed by atoms with E-state index in [0.29, 0.717) is 11.5 Å². The van der Waals surface area contributed by atoms with Gasteiger partial charge in [-0.05, 0) is 63.0 Å². The SMILES string of the molecule is CC(C)(C)B1OB(c2cccc(-c3ccccc3)c2N2[CH-]N(c3[c-]c(Oc4[c-]c5c(cc4)c4cc(-c6ccccc6)ccc4n5-c4ccccn4)ccc3)c3ccccc32)OB(C(C)(C)C)O1.[Pt]. The molecule has 4 heterocycles. The largest absolute Gasteiger partial charge is 0.509 e. The Morgan fingerprint density at radius 1 is 0.559 bits per heavy atom. The summed E-state index contributed by atoms with van der Waals surface area (Å²) in [6.45, 7) is 14.9. The molecule has 0 amide bonds. The van der Waals surface area contributed by atoms with Gasteiger partial charge in [0.2, 0.25) is 0 Å². The number of rotatable bonds is 8. The molecule has 68 heavy (non-hydrogen) atoms. The molecule has 0 radical (unpaired) electrons. The van der Waals surface area contributed by atoms with E-state index in [-0.39, 0.29) is 31.7 Å². The molecule has 11 rings (SSSR count). The maximum atomic E-state index is 6.80. The van der Waals surface area contributed by atoms with Gasteiger partial charge in [0, 0.05) is 72.4 Å². The van der Waals surface area contributed by atoms with Gasteiger partial charge in [0.05, 0.1) is 0 Å². The summed E-state index contributed by atoms with van der Waals surface area (Å²) in [6.07, 6.45) is 1.82. The van der Waals surface area contributed by atoms with Crippen molar-refractivity contribution in [3.05, 3.63) is 195 Å². The molecule has 0 unspecified atom stereocenters. The third-order valence-corrected chi connectivity index (χ3v) is 12.3. The second kappa shape index (κ2) is 18.3. The second-order valence-corrected chi connectivity index (χ2v) is 19.3. The van der Waals surface area contributed by atoms with Crippen molar-refractivity contribution in [1.29, 1.82) is 0 Å². The molecular formula is C56H48B3N4O4Pt-3. The fourth-order valence-electron chi connectivity index (χ4n) is 9.02. The second-order valence-electron chi connectivity index (χ2n) is 19.3. The molecule has 2 aliphatic heterocycles. The fourth-order valence-corrected chi connectivity index (χ4v) is 9.02. The zero-order chi connectivity index (χ0) is 45.9. The minimum absolute atomic E-state index is 0. The normalized spacial score (nSPS) is 14.1. The Morgan fingerprint density at radius 2 is 1.21 bits per heavy atom. The van der Waals surface area contributed by atoms with Crippen molar-refractivity contribution in [3.63, 3.8) is 0 Å². The maximum absolute atomic E-state index is 6.80. The summed E-state index contributed by atoms with van der Waals surface area (Å²) in [7, 11) is -1.72. The maximum Gasteiger partial charge on any atom is 0.468 e.